The van der Waals surface area contributed by atoms with Gasteiger partial charge in [-0.1, -0.05) is 6.07 Å². The molecule has 3 aromatic rings. The number of rotatable bonds is 5. The van der Waals surface area contributed by atoms with Gasteiger partial charge in [0.15, 0.2) is 5.82 Å². The van der Waals surface area contributed by atoms with E-state index in [-0.39, 0.29) is 6.10 Å². The van der Waals surface area contributed by atoms with Gasteiger partial charge in [0.2, 0.25) is 0 Å². The maximum Gasteiger partial charge on any atom is 0.159 e. The van der Waals surface area contributed by atoms with Crippen LogP contribution in [0.2, 0.25) is 0 Å². The van der Waals surface area contributed by atoms with Crippen molar-refractivity contribution in [1.29, 1.82) is 0 Å². The van der Waals surface area contributed by atoms with E-state index in [1.54, 1.807) is 13.3 Å². The molecule has 27 heavy (non-hydrogen) atoms. The van der Waals surface area contributed by atoms with E-state index in [0.29, 0.717) is 6.61 Å². The predicted molar refractivity (Wildman–Crippen MR) is 102 cm³/mol. The van der Waals surface area contributed by atoms with Crippen molar-refractivity contribution in [3.8, 4) is 17.1 Å². The maximum absolute atomic E-state index is 5.90. The Bertz CT molecular complexity index is 854. The summed E-state index contributed by atoms with van der Waals surface area (Å²) in [6, 6.07) is 11.8. The van der Waals surface area contributed by atoms with Crippen LogP contribution in [0.25, 0.3) is 11.4 Å². The second-order valence-electron chi connectivity index (χ2n) is 6.52. The lowest BCUT2D eigenvalue weighted by atomic mass is 10.1. The molecule has 0 spiro atoms. The van der Waals surface area contributed by atoms with Crippen molar-refractivity contribution in [2.45, 2.75) is 12.6 Å². The van der Waals surface area contributed by atoms with Crippen molar-refractivity contribution in [2.75, 3.05) is 26.8 Å². The third-order valence-corrected chi connectivity index (χ3v) is 4.67. The summed E-state index contributed by atoms with van der Waals surface area (Å²) < 4.78 is 11.1. The van der Waals surface area contributed by atoms with Crippen LogP contribution in [-0.2, 0) is 11.3 Å². The fourth-order valence-electron chi connectivity index (χ4n) is 3.20. The first-order valence-corrected chi connectivity index (χ1v) is 9.01. The first-order valence-electron chi connectivity index (χ1n) is 9.01. The van der Waals surface area contributed by atoms with E-state index < -0.39 is 0 Å². The van der Waals surface area contributed by atoms with Crippen molar-refractivity contribution in [3.63, 3.8) is 0 Å². The molecule has 0 N–H and O–H groups in total. The highest BCUT2D eigenvalue weighted by atomic mass is 16.5. The molecule has 1 atom stereocenters. The van der Waals surface area contributed by atoms with Gasteiger partial charge in [-0.15, -0.1) is 0 Å². The van der Waals surface area contributed by atoms with Crippen LogP contribution in [0.15, 0.2) is 61.2 Å². The van der Waals surface area contributed by atoms with Crippen LogP contribution in [0.4, 0.5) is 0 Å². The highest BCUT2D eigenvalue weighted by Gasteiger charge is 2.22. The van der Waals surface area contributed by atoms with Gasteiger partial charge < -0.3 is 9.47 Å². The molecule has 6 heteroatoms. The van der Waals surface area contributed by atoms with Gasteiger partial charge in [-0.25, -0.2) is 9.97 Å². The smallest absolute Gasteiger partial charge is 0.159 e. The standard InChI is InChI=1S/C21H22N4O2/c1-26-19-6-4-17(5-7-19)21-23-11-16(12-24-21)14-25-9-10-27-20(15-25)18-3-2-8-22-13-18/h2-8,11-13,20H,9-10,14-15H2,1H3/t20-/m0/s1. The van der Waals surface area contributed by atoms with Gasteiger partial charge in [0.25, 0.3) is 0 Å². The summed E-state index contributed by atoms with van der Waals surface area (Å²) in [6.07, 6.45) is 7.53. The molecule has 4 rings (SSSR count). The average Bonchev–Trinajstić information content (AvgIpc) is 2.75. The summed E-state index contributed by atoms with van der Waals surface area (Å²) in [5.41, 5.74) is 3.19. The number of aromatic nitrogens is 3. The van der Waals surface area contributed by atoms with Crippen molar-refractivity contribution in [1.82, 2.24) is 19.9 Å². The van der Waals surface area contributed by atoms with E-state index in [9.17, 15) is 0 Å². The van der Waals surface area contributed by atoms with Crippen LogP contribution in [0.3, 0.4) is 0 Å². The lowest BCUT2D eigenvalue weighted by molar-refractivity contribution is -0.0331. The summed E-state index contributed by atoms with van der Waals surface area (Å²) in [6.45, 7) is 3.26. The van der Waals surface area contributed by atoms with Crippen molar-refractivity contribution < 1.29 is 9.47 Å². The molecule has 138 valence electrons. The normalized spacial score (nSPS) is 17.6. The molecule has 0 saturated carbocycles. The molecule has 0 unspecified atom stereocenters. The minimum Gasteiger partial charge on any atom is -0.497 e. The number of hydrogen-bond acceptors (Lipinski definition) is 6. The average molecular weight is 362 g/mol. The van der Waals surface area contributed by atoms with Crippen LogP contribution in [0, 0.1) is 0 Å². The highest BCUT2D eigenvalue weighted by molar-refractivity contribution is 5.55. The molecule has 2 aromatic heterocycles. The fraction of sp³-hybridized carbons (Fsp3) is 0.286. The molecular formula is C21H22N4O2. The Hall–Kier alpha value is -2.83. The maximum atomic E-state index is 5.90. The van der Waals surface area contributed by atoms with E-state index in [0.717, 1.165) is 47.9 Å². The molecule has 6 nitrogen and oxygen atoms in total. The molecule has 1 saturated heterocycles. The molecular weight excluding hydrogens is 340 g/mol. The number of pyridine rings is 1. The zero-order chi connectivity index (χ0) is 18.5. The molecule has 0 aliphatic carbocycles. The number of hydrogen-bond donors (Lipinski definition) is 0. The Labute approximate surface area is 158 Å². The topological polar surface area (TPSA) is 60.4 Å². The molecule has 1 aliphatic rings. The van der Waals surface area contributed by atoms with Gasteiger partial charge in [-0.2, -0.15) is 0 Å². The van der Waals surface area contributed by atoms with E-state index in [1.165, 1.54) is 0 Å². The second kappa shape index (κ2) is 8.24. The van der Waals surface area contributed by atoms with Crippen LogP contribution in [0.5, 0.6) is 5.75 Å². The van der Waals surface area contributed by atoms with Crippen molar-refractivity contribution >= 4 is 0 Å². The molecule has 0 amide bonds. The summed E-state index contributed by atoms with van der Waals surface area (Å²) in [5, 5.41) is 0. The molecule has 1 aromatic carbocycles. The molecule has 0 bridgehead atoms. The Balaban J connectivity index is 1.40. The van der Waals surface area contributed by atoms with Crippen molar-refractivity contribution in [3.05, 3.63) is 72.3 Å². The minimum absolute atomic E-state index is 0.0620. The van der Waals surface area contributed by atoms with Crippen molar-refractivity contribution in [2.24, 2.45) is 0 Å². The van der Waals surface area contributed by atoms with E-state index in [4.69, 9.17) is 9.47 Å². The van der Waals surface area contributed by atoms with E-state index in [2.05, 4.69) is 25.9 Å². The summed E-state index contributed by atoms with van der Waals surface area (Å²) >= 11 is 0. The van der Waals surface area contributed by atoms with Gasteiger partial charge in [0.1, 0.15) is 5.75 Å². The lowest BCUT2D eigenvalue weighted by Gasteiger charge is -2.32. The quantitative estimate of drug-likeness (QED) is 0.695. The number of nitrogens with zero attached hydrogens (tertiary/aromatic N) is 4. The lowest BCUT2D eigenvalue weighted by Crippen LogP contribution is -2.37. The SMILES string of the molecule is COc1ccc(-c2ncc(CN3CCO[C@H](c4cccnc4)C3)cn2)cc1. The molecule has 0 radical (unpaired) electrons. The highest BCUT2D eigenvalue weighted by Crippen LogP contribution is 2.23. The second-order valence-corrected chi connectivity index (χ2v) is 6.52. The first kappa shape index (κ1) is 17.6. The largest absolute Gasteiger partial charge is 0.497 e. The number of benzene rings is 1. The first-order chi connectivity index (χ1) is 13.3. The summed E-state index contributed by atoms with van der Waals surface area (Å²) in [7, 11) is 1.66. The third kappa shape index (κ3) is 4.30. The summed E-state index contributed by atoms with van der Waals surface area (Å²) in [4.78, 5) is 15.6. The minimum atomic E-state index is 0.0620. The Morgan fingerprint density at radius 2 is 1.93 bits per heavy atom. The van der Waals surface area contributed by atoms with Crippen LogP contribution in [-0.4, -0.2) is 46.7 Å². The van der Waals surface area contributed by atoms with Gasteiger partial charge in [0.05, 0.1) is 19.8 Å². The Morgan fingerprint density at radius 1 is 1.11 bits per heavy atom. The molecule has 3 heterocycles. The predicted octanol–water partition coefficient (Wildman–Crippen LogP) is 3.12. The van der Waals surface area contributed by atoms with Gasteiger partial charge in [-0.05, 0) is 30.3 Å². The van der Waals surface area contributed by atoms with Gasteiger partial charge in [0, 0.05) is 61.1 Å². The van der Waals surface area contributed by atoms with Crippen LogP contribution < -0.4 is 4.74 Å². The Morgan fingerprint density at radius 3 is 2.63 bits per heavy atom. The Kier molecular flexibility index (Phi) is 5.37. The molecule has 1 aliphatic heterocycles. The van der Waals surface area contributed by atoms with Crippen LogP contribution >= 0.6 is 0 Å². The fourth-order valence-corrected chi connectivity index (χ4v) is 3.20. The zero-order valence-corrected chi connectivity index (χ0v) is 15.3. The zero-order valence-electron chi connectivity index (χ0n) is 15.3. The molecule has 1 fully saturated rings. The third-order valence-electron chi connectivity index (χ3n) is 4.67. The van der Waals surface area contributed by atoms with Crippen LogP contribution in [0.1, 0.15) is 17.2 Å². The number of ether oxygens (including phenoxy) is 2. The monoisotopic (exact) mass is 362 g/mol. The van der Waals surface area contributed by atoms with E-state index >= 15 is 0 Å². The van der Waals surface area contributed by atoms with E-state index in [1.807, 2.05) is 48.9 Å². The van der Waals surface area contributed by atoms with Gasteiger partial charge in [-0.3, -0.25) is 9.88 Å². The van der Waals surface area contributed by atoms with Gasteiger partial charge >= 0.3 is 0 Å². The number of morpholine rings is 1. The number of methoxy groups -OCH3 is 1. The summed E-state index contributed by atoms with van der Waals surface area (Å²) in [5.74, 6) is 1.54.